The number of alkyl carbamates (subject to hydrolysis) is 1. The highest BCUT2D eigenvalue weighted by Gasteiger charge is 2.19. The molecular formula is C20H30FN3O5. The first-order valence-corrected chi connectivity index (χ1v) is 9.64. The van der Waals surface area contributed by atoms with Crippen LogP contribution in [-0.4, -0.2) is 63.2 Å². The molecule has 1 atom stereocenters. The van der Waals surface area contributed by atoms with Gasteiger partial charge in [-0.05, 0) is 39.0 Å². The van der Waals surface area contributed by atoms with E-state index in [1.165, 1.54) is 13.0 Å². The van der Waals surface area contributed by atoms with Gasteiger partial charge in [0.15, 0.2) is 0 Å². The zero-order valence-electron chi connectivity index (χ0n) is 17.4. The van der Waals surface area contributed by atoms with Gasteiger partial charge in [0.1, 0.15) is 17.5 Å². The number of ether oxygens (including phenoxy) is 3. The van der Waals surface area contributed by atoms with Crippen molar-refractivity contribution >= 4 is 23.4 Å². The molecule has 9 heteroatoms. The molecule has 1 amide bonds. The summed E-state index contributed by atoms with van der Waals surface area (Å²) in [7, 11) is 0. The van der Waals surface area contributed by atoms with Crippen molar-refractivity contribution in [2.75, 3.05) is 49.6 Å². The normalized spacial score (nSPS) is 15.4. The van der Waals surface area contributed by atoms with Gasteiger partial charge in [0.2, 0.25) is 0 Å². The lowest BCUT2D eigenvalue weighted by molar-refractivity contribution is -0.145. The number of rotatable bonds is 7. The van der Waals surface area contributed by atoms with Gasteiger partial charge in [0.05, 0.1) is 32.0 Å². The third kappa shape index (κ3) is 8.15. The van der Waals surface area contributed by atoms with Crippen molar-refractivity contribution in [1.29, 1.82) is 0 Å². The maximum Gasteiger partial charge on any atom is 0.407 e. The summed E-state index contributed by atoms with van der Waals surface area (Å²) in [4.78, 5) is 25.1. The molecule has 1 saturated heterocycles. The minimum Gasteiger partial charge on any atom is -0.459 e. The summed E-state index contributed by atoms with van der Waals surface area (Å²) in [5.41, 5.74) is 0.454. The molecule has 1 aromatic carbocycles. The smallest absolute Gasteiger partial charge is 0.407 e. The molecule has 0 spiro atoms. The maximum absolute atomic E-state index is 14.5. The number of benzene rings is 1. The lowest BCUT2D eigenvalue weighted by Gasteiger charge is -2.29. The third-order valence-corrected chi connectivity index (χ3v) is 4.04. The van der Waals surface area contributed by atoms with Crippen LogP contribution >= 0.6 is 0 Å². The fraction of sp³-hybridized carbons (Fsp3) is 0.600. The van der Waals surface area contributed by atoms with Crippen molar-refractivity contribution in [2.45, 2.75) is 39.4 Å². The number of hydrogen-bond acceptors (Lipinski definition) is 7. The Balaban J connectivity index is 1.91. The van der Waals surface area contributed by atoms with Crippen LogP contribution in [0.2, 0.25) is 0 Å². The molecule has 0 aromatic heterocycles. The van der Waals surface area contributed by atoms with Gasteiger partial charge in [-0.2, -0.15) is 0 Å². The Morgan fingerprint density at radius 2 is 1.93 bits per heavy atom. The Morgan fingerprint density at radius 1 is 1.24 bits per heavy atom. The number of esters is 1. The van der Waals surface area contributed by atoms with E-state index in [4.69, 9.17) is 14.2 Å². The summed E-state index contributed by atoms with van der Waals surface area (Å²) in [6.07, 6.45) is -1.24. The predicted octanol–water partition coefficient (Wildman–Crippen LogP) is 2.53. The molecule has 2 rings (SSSR count). The van der Waals surface area contributed by atoms with E-state index >= 15 is 0 Å². The second-order valence-corrected chi connectivity index (χ2v) is 7.76. The number of hydrogen-bond donors (Lipinski definition) is 2. The number of morpholine rings is 1. The minimum atomic E-state index is -0.637. The van der Waals surface area contributed by atoms with Gasteiger partial charge in [-0.1, -0.05) is 0 Å². The van der Waals surface area contributed by atoms with Crippen molar-refractivity contribution in [3.05, 3.63) is 24.0 Å². The second-order valence-electron chi connectivity index (χ2n) is 7.76. The van der Waals surface area contributed by atoms with Crippen LogP contribution < -0.4 is 15.5 Å². The van der Waals surface area contributed by atoms with E-state index in [1.54, 1.807) is 32.9 Å². The molecule has 8 nitrogen and oxygen atoms in total. The van der Waals surface area contributed by atoms with Crippen LogP contribution in [0.25, 0.3) is 0 Å². The summed E-state index contributed by atoms with van der Waals surface area (Å²) in [5.74, 6) is -0.815. The van der Waals surface area contributed by atoms with E-state index in [0.29, 0.717) is 37.7 Å². The topological polar surface area (TPSA) is 89.1 Å². The summed E-state index contributed by atoms with van der Waals surface area (Å²) >= 11 is 0. The predicted molar refractivity (Wildman–Crippen MR) is 108 cm³/mol. The molecule has 1 fully saturated rings. The molecule has 162 valence electrons. The first-order chi connectivity index (χ1) is 13.6. The minimum absolute atomic E-state index is 0.0653. The van der Waals surface area contributed by atoms with Crippen LogP contribution in [0.4, 0.5) is 20.6 Å². The van der Waals surface area contributed by atoms with Crippen LogP contribution in [0.15, 0.2) is 18.2 Å². The lowest BCUT2D eigenvalue weighted by atomic mass is 10.2. The molecule has 1 heterocycles. The lowest BCUT2D eigenvalue weighted by Crippen LogP contribution is -2.41. The highest BCUT2D eigenvalue weighted by atomic mass is 19.1. The molecule has 0 saturated carbocycles. The average molecular weight is 411 g/mol. The Hall–Kier alpha value is -2.55. The van der Waals surface area contributed by atoms with Crippen LogP contribution in [0.5, 0.6) is 0 Å². The zero-order valence-corrected chi connectivity index (χ0v) is 17.4. The Morgan fingerprint density at radius 3 is 2.52 bits per heavy atom. The van der Waals surface area contributed by atoms with Gasteiger partial charge in [-0.15, -0.1) is 0 Å². The standard InChI is InChI=1S/C20H30FN3O5/c1-14(25)28-16(13-23-19(26)29-20(2,3)4)12-22-15-5-6-18(17(21)11-15)24-7-9-27-10-8-24/h5-6,11,16,22H,7-10,12-13H2,1-4H3,(H,23,26)/t16-/m1/s1. The van der Waals surface area contributed by atoms with Crippen LogP contribution in [-0.2, 0) is 19.0 Å². The summed E-state index contributed by atoms with van der Waals surface area (Å²) in [6.45, 7) is 9.27. The van der Waals surface area contributed by atoms with Crippen LogP contribution in [0.1, 0.15) is 27.7 Å². The fourth-order valence-electron chi connectivity index (χ4n) is 2.81. The Kier molecular flexibility index (Phi) is 8.07. The molecule has 2 N–H and O–H groups in total. The number of amides is 1. The van der Waals surface area contributed by atoms with Crippen LogP contribution in [0, 0.1) is 5.82 Å². The van der Waals surface area contributed by atoms with Crippen molar-refractivity contribution in [2.24, 2.45) is 0 Å². The van der Waals surface area contributed by atoms with E-state index in [0.717, 1.165) is 0 Å². The van der Waals surface area contributed by atoms with E-state index < -0.39 is 23.8 Å². The van der Waals surface area contributed by atoms with Gasteiger partial charge in [0.25, 0.3) is 0 Å². The van der Waals surface area contributed by atoms with E-state index in [9.17, 15) is 14.0 Å². The number of carbonyl (C=O) groups is 2. The zero-order chi connectivity index (χ0) is 21.4. The number of nitrogens with zero attached hydrogens (tertiary/aromatic N) is 1. The molecule has 0 unspecified atom stereocenters. The first kappa shape index (κ1) is 22.7. The van der Waals surface area contributed by atoms with Gasteiger partial charge in [-0.3, -0.25) is 4.79 Å². The molecule has 0 bridgehead atoms. The van der Waals surface area contributed by atoms with Crippen molar-refractivity contribution in [3.8, 4) is 0 Å². The Labute approximate surface area is 170 Å². The highest BCUT2D eigenvalue weighted by Crippen LogP contribution is 2.23. The monoisotopic (exact) mass is 411 g/mol. The van der Waals surface area contributed by atoms with Gasteiger partial charge in [-0.25, -0.2) is 9.18 Å². The largest absolute Gasteiger partial charge is 0.459 e. The van der Waals surface area contributed by atoms with Gasteiger partial charge < -0.3 is 29.7 Å². The van der Waals surface area contributed by atoms with Crippen molar-refractivity contribution in [3.63, 3.8) is 0 Å². The molecule has 1 aliphatic heterocycles. The van der Waals surface area contributed by atoms with Crippen molar-refractivity contribution in [1.82, 2.24) is 5.32 Å². The molecule has 1 aromatic rings. The van der Waals surface area contributed by atoms with Gasteiger partial charge >= 0.3 is 12.1 Å². The maximum atomic E-state index is 14.5. The number of anilines is 2. The number of carbonyl (C=O) groups excluding carboxylic acids is 2. The summed E-state index contributed by atoms with van der Waals surface area (Å²) in [6, 6.07) is 4.87. The highest BCUT2D eigenvalue weighted by molar-refractivity contribution is 5.68. The summed E-state index contributed by atoms with van der Waals surface area (Å²) in [5, 5.41) is 5.61. The molecule has 0 aliphatic carbocycles. The number of nitrogens with one attached hydrogen (secondary N) is 2. The van der Waals surface area contributed by atoms with E-state index in [2.05, 4.69) is 10.6 Å². The quantitative estimate of drug-likeness (QED) is 0.667. The van der Waals surface area contributed by atoms with Crippen LogP contribution in [0.3, 0.4) is 0 Å². The van der Waals surface area contributed by atoms with Crippen molar-refractivity contribution < 1.29 is 28.2 Å². The average Bonchev–Trinajstić information content (AvgIpc) is 2.63. The number of halogens is 1. The van der Waals surface area contributed by atoms with E-state index in [1.807, 2.05) is 4.90 Å². The summed E-state index contributed by atoms with van der Waals surface area (Å²) < 4.78 is 30.2. The van der Waals surface area contributed by atoms with Gasteiger partial charge in [0, 0.05) is 25.7 Å². The Bertz CT molecular complexity index is 702. The molecular weight excluding hydrogens is 381 g/mol. The van der Waals surface area contributed by atoms with E-state index in [-0.39, 0.29) is 18.9 Å². The second kappa shape index (κ2) is 10.3. The SMILES string of the molecule is CC(=O)O[C@@H](CNC(=O)OC(C)(C)C)CNc1ccc(N2CCOCC2)c(F)c1. The molecule has 29 heavy (non-hydrogen) atoms. The first-order valence-electron chi connectivity index (χ1n) is 9.64. The fourth-order valence-corrected chi connectivity index (χ4v) is 2.81. The molecule has 1 aliphatic rings. The molecule has 0 radical (unpaired) electrons. The third-order valence-electron chi connectivity index (χ3n) is 4.04.